The van der Waals surface area contributed by atoms with Crippen molar-refractivity contribution in [1.29, 1.82) is 0 Å². The number of oxazole rings is 1. The van der Waals surface area contributed by atoms with Crippen molar-refractivity contribution in [2.45, 2.75) is 0 Å². The van der Waals surface area contributed by atoms with E-state index in [1.165, 1.54) is 0 Å². The second-order valence-corrected chi connectivity index (χ2v) is 4.30. The van der Waals surface area contributed by atoms with Gasteiger partial charge >= 0.3 is 5.76 Å². The highest BCUT2D eigenvalue weighted by atomic mass is 16.4. The summed E-state index contributed by atoms with van der Waals surface area (Å²) in [6.07, 6.45) is 3.78. The molecule has 4 aromatic rings. The third-order valence-corrected chi connectivity index (χ3v) is 3.12. The summed E-state index contributed by atoms with van der Waals surface area (Å²) in [7, 11) is 0. The van der Waals surface area contributed by atoms with Crippen molar-refractivity contribution >= 4 is 16.6 Å². The van der Waals surface area contributed by atoms with Crippen molar-refractivity contribution in [3.05, 3.63) is 59.3 Å². The van der Waals surface area contributed by atoms with E-state index in [1.807, 2.05) is 47.1 Å². The molecule has 5 heteroatoms. The number of fused-ring (bicyclic) bond motifs is 2. The zero-order valence-corrected chi connectivity index (χ0v) is 9.83. The van der Waals surface area contributed by atoms with Crippen LogP contribution < -0.4 is 5.76 Å². The highest BCUT2D eigenvalue weighted by Gasteiger charge is 2.08. The van der Waals surface area contributed by atoms with Gasteiger partial charge in [0.1, 0.15) is 5.82 Å². The van der Waals surface area contributed by atoms with Crippen LogP contribution in [-0.4, -0.2) is 14.4 Å². The van der Waals surface area contributed by atoms with Gasteiger partial charge in [-0.3, -0.25) is 9.38 Å². The minimum Gasteiger partial charge on any atom is -0.408 e. The van der Waals surface area contributed by atoms with Gasteiger partial charge in [0.2, 0.25) is 0 Å². The van der Waals surface area contributed by atoms with Gasteiger partial charge in [-0.05, 0) is 30.3 Å². The first kappa shape index (κ1) is 10.1. The molecule has 0 fully saturated rings. The Labute approximate surface area is 107 Å². The molecule has 0 saturated carbocycles. The molecule has 0 saturated heterocycles. The number of aromatic nitrogens is 3. The number of benzene rings is 1. The monoisotopic (exact) mass is 251 g/mol. The van der Waals surface area contributed by atoms with Gasteiger partial charge in [-0.2, -0.15) is 0 Å². The zero-order chi connectivity index (χ0) is 12.8. The molecule has 5 nitrogen and oxygen atoms in total. The molecule has 3 aromatic heterocycles. The fourth-order valence-electron chi connectivity index (χ4n) is 2.25. The minimum atomic E-state index is -0.444. The van der Waals surface area contributed by atoms with Crippen molar-refractivity contribution in [3.63, 3.8) is 0 Å². The molecule has 4 rings (SSSR count). The lowest BCUT2D eigenvalue weighted by molar-refractivity contribution is 0.555. The third-order valence-electron chi connectivity index (χ3n) is 3.12. The van der Waals surface area contributed by atoms with Gasteiger partial charge in [0.25, 0.3) is 0 Å². The SMILES string of the molecule is O=c1[nH]c2cc(-c3ncc4ccccn34)ccc2o1. The lowest BCUT2D eigenvalue weighted by atomic mass is 10.2. The quantitative estimate of drug-likeness (QED) is 0.565. The number of H-pyrrole nitrogens is 1. The van der Waals surface area contributed by atoms with E-state index < -0.39 is 5.76 Å². The molecule has 0 amide bonds. The summed E-state index contributed by atoms with van der Waals surface area (Å²) < 4.78 is 6.99. The standard InChI is InChI=1S/C14H9N3O2/c18-14-16-11-7-9(4-5-12(11)19-14)13-15-8-10-3-1-2-6-17(10)13/h1-8H,(H,16,18). The van der Waals surface area contributed by atoms with Crippen LogP contribution in [0.5, 0.6) is 0 Å². The molecular formula is C14H9N3O2. The summed E-state index contributed by atoms with van der Waals surface area (Å²) in [5.74, 6) is 0.389. The first-order chi connectivity index (χ1) is 9.31. The van der Waals surface area contributed by atoms with Gasteiger partial charge in [0.05, 0.1) is 17.2 Å². The third kappa shape index (κ3) is 1.48. The summed E-state index contributed by atoms with van der Waals surface area (Å²) in [5, 5.41) is 0. The van der Waals surface area contributed by atoms with Gasteiger partial charge in [0, 0.05) is 11.8 Å². The Bertz CT molecular complexity index is 946. The van der Waals surface area contributed by atoms with Crippen molar-refractivity contribution in [1.82, 2.24) is 14.4 Å². The summed E-state index contributed by atoms with van der Waals surface area (Å²) >= 11 is 0. The molecule has 0 aliphatic heterocycles. The van der Waals surface area contributed by atoms with Crippen LogP contribution in [0.4, 0.5) is 0 Å². The lowest BCUT2D eigenvalue weighted by Crippen LogP contribution is -1.93. The molecule has 0 unspecified atom stereocenters. The predicted octanol–water partition coefficient (Wildman–Crippen LogP) is 2.44. The number of rotatable bonds is 1. The summed E-state index contributed by atoms with van der Waals surface area (Å²) in [5.41, 5.74) is 3.18. The van der Waals surface area contributed by atoms with Crippen LogP contribution in [0.1, 0.15) is 0 Å². The number of imidazole rings is 1. The Morgan fingerprint density at radius 2 is 2.16 bits per heavy atom. The van der Waals surface area contributed by atoms with E-state index in [4.69, 9.17) is 4.42 Å². The van der Waals surface area contributed by atoms with Crippen molar-refractivity contribution < 1.29 is 4.42 Å². The van der Waals surface area contributed by atoms with Crippen LogP contribution in [0.25, 0.3) is 28.0 Å². The smallest absolute Gasteiger partial charge is 0.408 e. The fourth-order valence-corrected chi connectivity index (χ4v) is 2.25. The number of pyridine rings is 1. The molecule has 0 atom stereocenters. The molecule has 0 aliphatic rings. The molecule has 0 radical (unpaired) electrons. The van der Waals surface area contributed by atoms with Gasteiger partial charge in [0.15, 0.2) is 5.58 Å². The number of aromatic amines is 1. The predicted molar refractivity (Wildman–Crippen MR) is 71.0 cm³/mol. The van der Waals surface area contributed by atoms with Crippen LogP contribution in [0.15, 0.2) is 58.0 Å². The van der Waals surface area contributed by atoms with E-state index in [2.05, 4.69) is 9.97 Å². The van der Waals surface area contributed by atoms with Crippen molar-refractivity contribution in [3.8, 4) is 11.4 Å². The second-order valence-electron chi connectivity index (χ2n) is 4.30. The largest absolute Gasteiger partial charge is 0.417 e. The maximum atomic E-state index is 11.2. The molecule has 19 heavy (non-hydrogen) atoms. The Kier molecular flexibility index (Phi) is 1.91. The maximum Gasteiger partial charge on any atom is 0.417 e. The molecule has 0 aliphatic carbocycles. The van der Waals surface area contributed by atoms with E-state index in [9.17, 15) is 4.79 Å². The average Bonchev–Trinajstić information content (AvgIpc) is 2.99. The van der Waals surface area contributed by atoms with Gasteiger partial charge in [-0.15, -0.1) is 0 Å². The van der Waals surface area contributed by atoms with Crippen LogP contribution >= 0.6 is 0 Å². The van der Waals surface area contributed by atoms with Crippen LogP contribution in [0.2, 0.25) is 0 Å². The molecular weight excluding hydrogens is 242 g/mol. The van der Waals surface area contributed by atoms with Crippen molar-refractivity contribution in [2.75, 3.05) is 0 Å². The van der Waals surface area contributed by atoms with E-state index in [0.717, 1.165) is 16.9 Å². The summed E-state index contributed by atoms with van der Waals surface area (Å²) in [4.78, 5) is 18.2. The van der Waals surface area contributed by atoms with Crippen LogP contribution in [0, 0.1) is 0 Å². The Balaban J connectivity index is 2.00. The van der Waals surface area contributed by atoms with Crippen molar-refractivity contribution in [2.24, 2.45) is 0 Å². The van der Waals surface area contributed by atoms with Crippen LogP contribution in [0.3, 0.4) is 0 Å². The number of hydrogen-bond acceptors (Lipinski definition) is 3. The minimum absolute atomic E-state index is 0.444. The van der Waals surface area contributed by atoms with Gasteiger partial charge < -0.3 is 4.42 Å². The Hall–Kier alpha value is -2.82. The lowest BCUT2D eigenvalue weighted by Gasteiger charge is -2.00. The molecule has 3 heterocycles. The first-order valence-corrected chi connectivity index (χ1v) is 5.86. The highest BCUT2D eigenvalue weighted by Crippen LogP contribution is 2.22. The topological polar surface area (TPSA) is 63.3 Å². The number of nitrogens with zero attached hydrogens (tertiary/aromatic N) is 2. The Morgan fingerprint density at radius 1 is 1.21 bits per heavy atom. The van der Waals surface area contributed by atoms with Crippen LogP contribution in [-0.2, 0) is 0 Å². The molecule has 1 aromatic carbocycles. The second kappa shape index (κ2) is 3.58. The summed E-state index contributed by atoms with van der Waals surface area (Å²) in [6.45, 7) is 0. The molecule has 0 spiro atoms. The maximum absolute atomic E-state index is 11.2. The molecule has 0 bridgehead atoms. The highest BCUT2D eigenvalue weighted by molar-refractivity contribution is 5.79. The Morgan fingerprint density at radius 3 is 3.11 bits per heavy atom. The number of hydrogen-bond donors (Lipinski definition) is 1. The van der Waals surface area contributed by atoms with Gasteiger partial charge in [-0.1, -0.05) is 6.07 Å². The van der Waals surface area contributed by atoms with Gasteiger partial charge in [-0.25, -0.2) is 9.78 Å². The summed E-state index contributed by atoms with van der Waals surface area (Å²) in [6, 6.07) is 11.4. The first-order valence-electron chi connectivity index (χ1n) is 5.86. The number of nitrogens with one attached hydrogen (secondary N) is 1. The van der Waals surface area contributed by atoms with E-state index >= 15 is 0 Å². The zero-order valence-electron chi connectivity index (χ0n) is 9.83. The van der Waals surface area contributed by atoms with E-state index in [-0.39, 0.29) is 0 Å². The molecule has 1 N–H and O–H groups in total. The molecule has 92 valence electrons. The van der Waals surface area contributed by atoms with E-state index in [1.54, 1.807) is 6.07 Å². The van der Waals surface area contributed by atoms with E-state index in [0.29, 0.717) is 11.1 Å². The average molecular weight is 251 g/mol. The fraction of sp³-hybridized carbons (Fsp3) is 0. The normalized spacial score (nSPS) is 11.4.